The van der Waals surface area contributed by atoms with Gasteiger partial charge in [-0.15, -0.1) is 0 Å². The highest BCUT2D eigenvalue weighted by Crippen LogP contribution is 2.39. The van der Waals surface area contributed by atoms with Crippen LogP contribution >= 0.6 is 22.6 Å². The standard InChI is InChI=1S/C14H20IN3O6S/c1-4-16-14(21)11-13(24-2)12(20)9(15)10-8(17-25(3,22)23)5-7(6-19)18(10)11/h7-8,17,19H,4-6H2,1-3H3,(H,16,21)/t7-,8?/m0/s1. The number of hydrogen-bond acceptors (Lipinski definition) is 6. The highest BCUT2D eigenvalue weighted by molar-refractivity contribution is 14.1. The van der Waals surface area contributed by atoms with Crippen LogP contribution in [0.15, 0.2) is 4.79 Å². The smallest absolute Gasteiger partial charge is 0.271 e. The number of amides is 1. The third kappa shape index (κ3) is 3.83. The van der Waals surface area contributed by atoms with Crippen molar-refractivity contribution >= 4 is 38.5 Å². The molecule has 2 rings (SSSR count). The van der Waals surface area contributed by atoms with Gasteiger partial charge < -0.3 is 19.7 Å². The number of methoxy groups -OCH3 is 1. The van der Waals surface area contributed by atoms with Crippen LogP contribution in [0.2, 0.25) is 0 Å². The number of halogens is 1. The number of pyridine rings is 1. The minimum Gasteiger partial charge on any atom is -0.491 e. The van der Waals surface area contributed by atoms with Gasteiger partial charge in [0.15, 0.2) is 11.4 Å². The Morgan fingerprint density at radius 1 is 1.48 bits per heavy atom. The second kappa shape index (κ2) is 7.60. The number of carbonyl (C=O) groups excluding carboxylic acids is 1. The molecule has 2 atom stereocenters. The van der Waals surface area contributed by atoms with Gasteiger partial charge in [-0.1, -0.05) is 0 Å². The van der Waals surface area contributed by atoms with Gasteiger partial charge in [0, 0.05) is 6.54 Å². The number of aliphatic hydroxyl groups excluding tert-OH is 1. The van der Waals surface area contributed by atoms with Crippen molar-refractivity contribution in [2.45, 2.75) is 25.4 Å². The predicted molar refractivity (Wildman–Crippen MR) is 99.4 cm³/mol. The van der Waals surface area contributed by atoms with Crippen molar-refractivity contribution in [1.82, 2.24) is 14.6 Å². The van der Waals surface area contributed by atoms with E-state index in [4.69, 9.17) is 4.74 Å². The fourth-order valence-electron chi connectivity index (χ4n) is 3.01. The fourth-order valence-corrected chi connectivity index (χ4v) is 4.62. The van der Waals surface area contributed by atoms with Crippen molar-refractivity contribution in [2.24, 2.45) is 0 Å². The van der Waals surface area contributed by atoms with Crippen LogP contribution in [0.25, 0.3) is 0 Å². The zero-order valence-corrected chi connectivity index (χ0v) is 17.0. The van der Waals surface area contributed by atoms with Crippen molar-refractivity contribution in [1.29, 1.82) is 0 Å². The highest BCUT2D eigenvalue weighted by atomic mass is 127. The van der Waals surface area contributed by atoms with Crippen LogP contribution in [0.3, 0.4) is 0 Å². The van der Waals surface area contributed by atoms with E-state index in [-0.39, 0.29) is 28.0 Å². The molecule has 0 fully saturated rings. The van der Waals surface area contributed by atoms with E-state index in [1.165, 1.54) is 11.7 Å². The van der Waals surface area contributed by atoms with Crippen molar-refractivity contribution in [2.75, 3.05) is 26.5 Å². The lowest BCUT2D eigenvalue weighted by Crippen LogP contribution is -2.33. The molecule has 1 unspecified atom stereocenters. The maximum absolute atomic E-state index is 12.6. The van der Waals surface area contributed by atoms with E-state index in [0.717, 1.165) is 6.26 Å². The molecule has 0 aliphatic carbocycles. The maximum Gasteiger partial charge on any atom is 0.271 e. The minimum absolute atomic E-state index is 0.0124. The molecule has 9 nitrogen and oxygen atoms in total. The minimum atomic E-state index is -3.55. The Morgan fingerprint density at radius 2 is 2.12 bits per heavy atom. The molecule has 0 spiro atoms. The lowest BCUT2D eigenvalue weighted by atomic mass is 10.1. The summed E-state index contributed by atoms with van der Waals surface area (Å²) < 4.78 is 32.7. The highest BCUT2D eigenvalue weighted by Gasteiger charge is 2.39. The topological polar surface area (TPSA) is 127 Å². The summed E-state index contributed by atoms with van der Waals surface area (Å²) in [5.74, 6) is -0.648. The summed E-state index contributed by atoms with van der Waals surface area (Å²) in [4.78, 5) is 25.2. The molecule has 11 heteroatoms. The van der Waals surface area contributed by atoms with E-state index >= 15 is 0 Å². The summed E-state index contributed by atoms with van der Waals surface area (Å²) >= 11 is 1.81. The van der Waals surface area contributed by atoms with Crippen LogP contribution in [0.4, 0.5) is 0 Å². The maximum atomic E-state index is 12.6. The third-order valence-corrected chi connectivity index (χ3v) is 5.63. The van der Waals surface area contributed by atoms with Gasteiger partial charge in [-0.25, -0.2) is 13.1 Å². The number of rotatable bonds is 6. The Morgan fingerprint density at radius 3 is 2.60 bits per heavy atom. The van der Waals surface area contributed by atoms with Gasteiger partial charge in [-0.3, -0.25) is 9.59 Å². The van der Waals surface area contributed by atoms with Crippen molar-refractivity contribution < 1.29 is 23.1 Å². The molecule has 0 radical (unpaired) electrons. The number of ether oxygens (including phenoxy) is 1. The lowest BCUT2D eigenvalue weighted by Gasteiger charge is -2.21. The van der Waals surface area contributed by atoms with Crippen molar-refractivity contribution in [3.8, 4) is 5.75 Å². The Bertz CT molecular complexity index is 851. The largest absolute Gasteiger partial charge is 0.491 e. The van der Waals surface area contributed by atoms with Crippen LogP contribution < -0.4 is 20.2 Å². The number of hydrogen-bond donors (Lipinski definition) is 3. The van der Waals surface area contributed by atoms with E-state index in [9.17, 15) is 23.1 Å². The van der Waals surface area contributed by atoms with Crippen LogP contribution in [0.1, 0.15) is 41.6 Å². The van der Waals surface area contributed by atoms with E-state index in [2.05, 4.69) is 10.0 Å². The van der Waals surface area contributed by atoms with E-state index in [1.807, 2.05) is 22.6 Å². The number of aromatic nitrogens is 1. The Kier molecular flexibility index (Phi) is 6.12. The van der Waals surface area contributed by atoms with Gasteiger partial charge in [-0.2, -0.15) is 0 Å². The molecule has 0 saturated carbocycles. The number of fused-ring (bicyclic) bond motifs is 1. The molecule has 0 saturated heterocycles. The third-order valence-electron chi connectivity index (χ3n) is 3.87. The number of sulfonamides is 1. The molecule has 140 valence electrons. The van der Waals surface area contributed by atoms with Crippen LogP contribution in [0, 0.1) is 3.57 Å². The van der Waals surface area contributed by atoms with Crippen LogP contribution in [0.5, 0.6) is 5.75 Å². The molecular weight excluding hydrogens is 465 g/mol. The molecule has 0 aromatic carbocycles. The zero-order chi connectivity index (χ0) is 18.9. The number of carbonyl (C=O) groups is 1. The first kappa shape index (κ1) is 20.1. The van der Waals surface area contributed by atoms with Gasteiger partial charge >= 0.3 is 0 Å². The molecule has 1 aliphatic heterocycles. The summed E-state index contributed by atoms with van der Waals surface area (Å²) in [7, 11) is -2.26. The van der Waals surface area contributed by atoms with E-state index < -0.39 is 33.4 Å². The zero-order valence-electron chi connectivity index (χ0n) is 14.0. The van der Waals surface area contributed by atoms with Crippen molar-refractivity contribution in [3.63, 3.8) is 0 Å². The van der Waals surface area contributed by atoms with Crippen LogP contribution in [-0.4, -0.2) is 50.5 Å². The molecule has 25 heavy (non-hydrogen) atoms. The summed E-state index contributed by atoms with van der Waals surface area (Å²) in [5, 5.41) is 12.4. The molecule has 2 heterocycles. The summed E-state index contributed by atoms with van der Waals surface area (Å²) in [6.45, 7) is 1.76. The number of nitrogens with one attached hydrogen (secondary N) is 2. The van der Waals surface area contributed by atoms with Gasteiger partial charge in [-0.05, 0) is 35.9 Å². The van der Waals surface area contributed by atoms with Gasteiger partial charge in [0.1, 0.15) is 0 Å². The molecule has 0 bridgehead atoms. The lowest BCUT2D eigenvalue weighted by molar-refractivity contribution is 0.0936. The van der Waals surface area contributed by atoms with Gasteiger partial charge in [0.05, 0.1) is 41.3 Å². The Balaban J connectivity index is 2.81. The molecule has 1 amide bonds. The number of aliphatic hydroxyl groups is 1. The molecule has 3 N–H and O–H groups in total. The first-order valence-corrected chi connectivity index (χ1v) is 10.5. The Labute approximate surface area is 158 Å². The second-order valence-corrected chi connectivity index (χ2v) is 8.51. The second-order valence-electron chi connectivity index (χ2n) is 5.65. The number of nitrogens with zero attached hydrogens (tertiary/aromatic N) is 1. The summed E-state index contributed by atoms with van der Waals surface area (Å²) in [6, 6.07) is -1.28. The average Bonchev–Trinajstić information content (AvgIpc) is 2.86. The normalized spacial score (nSPS) is 19.6. The summed E-state index contributed by atoms with van der Waals surface area (Å²) in [6.07, 6.45) is 1.24. The van der Waals surface area contributed by atoms with Crippen LogP contribution in [-0.2, 0) is 10.0 Å². The van der Waals surface area contributed by atoms with E-state index in [0.29, 0.717) is 12.2 Å². The first-order chi connectivity index (χ1) is 11.7. The molecule has 1 aromatic rings. The first-order valence-electron chi connectivity index (χ1n) is 7.54. The fraction of sp³-hybridized carbons (Fsp3) is 0.571. The molecule has 1 aliphatic rings. The molecular formula is C14H20IN3O6S. The van der Waals surface area contributed by atoms with E-state index in [1.54, 1.807) is 6.92 Å². The SMILES string of the molecule is CCNC(=O)c1c(OC)c(=O)c(I)c2n1[C@H](CO)CC2NS(C)(=O)=O. The Hall–Kier alpha value is -1.18. The summed E-state index contributed by atoms with van der Waals surface area (Å²) in [5.41, 5.74) is -0.145. The monoisotopic (exact) mass is 485 g/mol. The van der Waals surface area contributed by atoms with Gasteiger partial charge in [0.2, 0.25) is 15.5 Å². The predicted octanol–water partition coefficient (Wildman–Crippen LogP) is -0.261. The molecule has 1 aromatic heterocycles. The van der Waals surface area contributed by atoms with Crippen molar-refractivity contribution in [3.05, 3.63) is 25.2 Å². The average molecular weight is 485 g/mol. The van der Waals surface area contributed by atoms with Gasteiger partial charge in [0.25, 0.3) is 5.91 Å². The quantitative estimate of drug-likeness (QED) is 0.477.